The number of aliphatic imine (C=N–C) groups is 1. The summed E-state index contributed by atoms with van der Waals surface area (Å²) in [4.78, 5) is 19.1. The number of hydrogen-bond acceptors (Lipinski definition) is 3. The molecule has 1 aliphatic heterocycles. The number of benzene rings is 1. The van der Waals surface area contributed by atoms with Crippen molar-refractivity contribution in [2.24, 2.45) is 16.8 Å². The minimum Gasteiger partial charge on any atom is -0.466 e. The molecule has 142 valence electrons. The van der Waals surface area contributed by atoms with Crippen LogP contribution in [0.3, 0.4) is 0 Å². The number of carbonyl (C=O) groups is 1. The van der Waals surface area contributed by atoms with E-state index < -0.39 is 0 Å². The molecule has 1 saturated heterocycles. The Morgan fingerprint density at radius 1 is 1.23 bits per heavy atom. The predicted molar refractivity (Wildman–Crippen MR) is 104 cm³/mol. The fraction of sp³-hybridized carbons (Fsp3) is 0.619. The van der Waals surface area contributed by atoms with Gasteiger partial charge in [-0.05, 0) is 50.5 Å². The first-order valence-electron chi connectivity index (χ1n) is 9.97. The van der Waals surface area contributed by atoms with Crippen LogP contribution in [-0.4, -0.2) is 49.6 Å². The standard InChI is InChI=1S/C21H31N3O2/c1-3-22-21(24-12-10-17(11-13-24)20(25)26-4-2)23-15-18-14-19(18)16-8-6-5-7-9-16/h5-9,17-19H,3-4,10-15H2,1-2H3,(H,22,23). The lowest BCUT2D eigenvalue weighted by Gasteiger charge is -2.33. The van der Waals surface area contributed by atoms with E-state index in [2.05, 4.69) is 47.5 Å². The lowest BCUT2D eigenvalue weighted by atomic mass is 9.97. The Bertz CT molecular complexity index is 609. The van der Waals surface area contributed by atoms with Crippen LogP contribution in [0.4, 0.5) is 0 Å². The van der Waals surface area contributed by atoms with Gasteiger partial charge < -0.3 is 15.0 Å². The number of ether oxygens (including phenoxy) is 1. The van der Waals surface area contributed by atoms with Crippen molar-refractivity contribution in [1.29, 1.82) is 0 Å². The lowest BCUT2D eigenvalue weighted by molar-refractivity contribution is -0.149. The van der Waals surface area contributed by atoms with Crippen LogP contribution < -0.4 is 5.32 Å². The molecule has 1 aliphatic carbocycles. The zero-order chi connectivity index (χ0) is 18.4. The van der Waals surface area contributed by atoms with Crippen molar-refractivity contribution in [3.05, 3.63) is 35.9 Å². The molecule has 0 spiro atoms. The van der Waals surface area contributed by atoms with Crippen LogP contribution >= 0.6 is 0 Å². The van der Waals surface area contributed by atoms with E-state index in [0.29, 0.717) is 18.4 Å². The van der Waals surface area contributed by atoms with E-state index in [1.165, 1.54) is 12.0 Å². The van der Waals surface area contributed by atoms with Gasteiger partial charge in [0.1, 0.15) is 0 Å². The molecule has 3 rings (SSSR count). The van der Waals surface area contributed by atoms with Crippen LogP contribution in [0.5, 0.6) is 0 Å². The van der Waals surface area contributed by atoms with E-state index in [4.69, 9.17) is 9.73 Å². The second kappa shape index (κ2) is 9.06. The maximum atomic E-state index is 11.9. The first-order chi connectivity index (χ1) is 12.7. The summed E-state index contributed by atoms with van der Waals surface area (Å²) >= 11 is 0. The van der Waals surface area contributed by atoms with Gasteiger partial charge in [-0.3, -0.25) is 9.79 Å². The lowest BCUT2D eigenvalue weighted by Crippen LogP contribution is -2.46. The maximum absolute atomic E-state index is 11.9. The number of guanidine groups is 1. The molecule has 1 saturated carbocycles. The molecule has 1 aromatic rings. The summed E-state index contributed by atoms with van der Waals surface area (Å²) in [6, 6.07) is 10.7. The molecule has 0 amide bonds. The summed E-state index contributed by atoms with van der Waals surface area (Å²) in [5.74, 6) is 2.31. The van der Waals surface area contributed by atoms with Gasteiger partial charge in [0, 0.05) is 26.2 Å². The van der Waals surface area contributed by atoms with Gasteiger partial charge in [0.25, 0.3) is 0 Å². The van der Waals surface area contributed by atoms with Crippen LogP contribution in [0.1, 0.15) is 44.6 Å². The molecule has 2 fully saturated rings. The summed E-state index contributed by atoms with van der Waals surface area (Å²) in [7, 11) is 0. The summed E-state index contributed by atoms with van der Waals surface area (Å²) in [5.41, 5.74) is 1.44. The monoisotopic (exact) mass is 357 g/mol. The van der Waals surface area contributed by atoms with Crippen molar-refractivity contribution in [2.45, 2.75) is 39.0 Å². The number of esters is 1. The first-order valence-corrected chi connectivity index (χ1v) is 9.97. The SMILES string of the molecule is CCNC(=NCC1CC1c1ccccc1)N1CCC(C(=O)OCC)CC1. The Kier molecular flexibility index (Phi) is 6.53. The molecular formula is C21H31N3O2. The van der Waals surface area contributed by atoms with Crippen molar-refractivity contribution < 1.29 is 9.53 Å². The third-order valence-electron chi connectivity index (χ3n) is 5.38. The van der Waals surface area contributed by atoms with Crippen LogP contribution in [0.15, 0.2) is 35.3 Å². The number of rotatable bonds is 6. The molecular weight excluding hydrogens is 326 g/mol. The van der Waals surface area contributed by atoms with E-state index in [-0.39, 0.29) is 11.9 Å². The molecule has 1 heterocycles. The van der Waals surface area contributed by atoms with Gasteiger partial charge in [-0.25, -0.2) is 0 Å². The number of carbonyl (C=O) groups excluding carboxylic acids is 1. The van der Waals surface area contributed by atoms with Crippen molar-refractivity contribution in [1.82, 2.24) is 10.2 Å². The summed E-state index contributed by atoms with van der Waals surface area (Å²) in [6.07, 6.45) is 2.93. The highest BCUT2D eigenvalue weighted by Gasteiger charge is 2.38. The first kappa shape index (κ1) is 18.7. The fourth-order valence-corrected chi connectivity index (χ4v) is 3.77. The highest BCUT2D eigenvalue weighted by atomic mass is 16.5. The third kappa shape index (κ3) is 4.77. The Labute approximate surface area is 156 Å². The molecule has 0 bridgehead atoms. The summed E-state index contributed by atoms with van der Waals surface area (Å²) in [5, 5.41) is 3.42. The largest absolute Gasteiger partial charge is 0.466 e. The van der Waals surface area contributed by atoms with E-state index in [0.717, 1.165) is 45.0 Å². The van der Waals surface area contributed by atoms with E-state index >= 15 is 0 Å². The molecule has 2 atom stereocenters. The second-order valence-corrected chi connectivity index (χ2v) is 7.22. The van der Waals surface area contributed by atoms with E-state index in [9.17, 15) is 4.79 Å². The van der Waals surface area contributed by atoms with Gasteiger partial charge in [-0.1, -0.05) is 30.3 Å². The van der Waals surface area contributed by atoms with Crippen LogP contribution in [0.2, 0.25) is 0 Å². The smallest absolute Gasteiger partial charge is 0.309 e. The highest BCUT2D eigenvalue weighted by molar-refractivity contribution is 5.80. The van der Waals surface area contributed by atoms with Crippen molar-refractivity contribution in [2.75, 3.05) is 32.8 Å². The Balaban J connectivity index is 1.51. The number of likely N-dealkylation sites (tertiary alicyclic amines) is 1. The molecule has 5 heteroatoms. The van der Waals surface area contributed by atoms with Gasteiger partial charge in [-0.15, -0.1) is 0 Å². The minimum atomic E-state index is -0.0437. The van der Waals surface area contributed by atoms with Gasteiger partial charge in [-0.2, -0.15) is 0 Å². The van der Waals surface area contributed by atoms with Gasteiger partial charge in [0.15, 0.2) is 5.96 Å². The van der Waals surface area contributed by atoms with E-state index in [1.54, 1.807) is 0 Å². The number of nitrogens with zero attached hydrogens (tertiary/aromatic N) is 2. The summed E-state index contributed by atoms with van der Waals surface area (Å²) in [6.45, 7) is 7.90. The highest BCUT2D eigenvalue weighted by Crippen LogP contribution is 2.47. The molecule has 5 nitrogen and oxygen atoms in total. The van der Waals surface area contributed by atoms with Crippen LogP contribution in [0, 0.1) is 11.8 Å². The molecule has 1 N–H and O–H groups in total. The zero-order valence-electron chi connectivity index (χ0n) is 16.0. The molecule has 0 radical (unpaired) electrons. The molecule has 1 aromatic carbocycles. The van der Waals surface area contributed by atoms with Crippen LogP contribution in [0.25, 0.3) is 0 Å². The second-order valence-electron chi connectivity index (χ2n) is 7.22. The Morgan fingerprint density at radius 3 is 2.62 bits per heavy atom. The molecule has 26 heavy (non-hydrogen) atoms. The van der Waals surface area contributed by atoms with E-state index in [1.807, 2.05) is 6.92 Å². The molecule has 2 aliphatic rings. The number of nitrogens with one attached hydrogen (secondary N) is 1. The number of piperidine rings is 1. The summed E-state index contributed by atoms with van der Waals surface area (Å²) < 4.78 is 5.16. The van der Waals surface area contributed by atoms with Gasteiger partial charge >= 0.3 is 5.97 Å². The predicted octanol–water partition coefficient (Wildman–Crippen LogP) is 3.03. The maximum Gasteiger partial charge on any atom is 0.309 e. The third-order valence-corrected chi connectivity index (χ3v) is 5.38. The average Bonchev–Trinajstić information content (AvgIpc) is 3.46. The van der Waals surface area contributed by atoms with Gasteiger partial charge in [0.05, 0.1) is 12.5 Å². The molecule has 0 aromatic heterocycles. The van der Waals surface area contributed by atoms with Crippen molar-refractivity contribution in [3.63, 3.8) is 0 Å². The van der Waals surface area contributed by atoms with Crippen LogP contribution in [-0.2, 0) is 9.53 Å². The Morgan fingerprint density at radius 2 is 1.96 bits per heavy atom. The van der Waals surface area contributed by atoms with Gasteiger partial charge in [0.2, 0.25) is 0 Å². The normalized spacial score (nSPS) is 23.6. The topological polar surface area (TPSA) is 53.9 Å². The van der Waals surface area contributed by atoms with Crippen molar-refractivity contribution in [3.8, 4) is 0 Å². The fourth-order valence-electron chi connectivity index (χ4n) is 3.77. The Hall–Kier alpha value is -2.04. The van der Waals surface area contributed by atoms with Crippen molar-refractivity contribution >= 4 is 11.9 Å². The average molecular weight is 357 g/mol. The zero-order valence-corrected chi connectivity index (χ0v) is 16.0. The molecule has 2 unspecified atom stereocenters. The quantitative estimate of drug-likeness (QED) is 0.483. The minimum absolute atomic E-state index is 0.0416. The number of hydrogen-bond donors (Lipinski definition) is 1.